The molecule has 0 N–H and O–H groups in total. The molecule has 0 radical (unpaired) electrons. The highest BCUT2D eigenvalue weighted by Gasteiger charge is 2.63. The van der Waals surface area contributed by atoms with Crippen molar-refractivity contribution in [3.63, 3.8) is 0 Å². The maximum absolute atomic E-state index is 12.6. The predicted octanol–water partition coefficient (Wildman–Crippen LogP) is 3.48. The number of hydrogen-bond donors (Lipinski definition) is 0. The Kier molecular flexibility index (Phi) is 3.92. The summed E-state index contributed by atoms with van der Waals surface area (Å²) in [6, 6.07) is 0. The van der Waals surface area contributed by atoms with Gasteiger partial charge in [0.05, 0.1) is 23.3 Å². The van der Waals surface area contributed by atoms with E-state index in [4.69, 9.17) is 9.47 Å². The first kappa shape index (κ1) is 16.6. The average molecular weight is 310 g/mol. The zero-order chi connectivity index (χ0) is 16.9. The lowest BCUT2D eigenvalue weighted by Crippen LogP contribution is -2.60. The van der Waals surface area contributed by atoms with Gasteiger partial charge in [-0.3, -0.25) is 0 Å². The van der Waals surface area contributed by atoms with Gasteiger partial charge in [-0.2, -0.15) is 0 Å². The molecule has 0 aromatic heterocycles. The zero-order valence-corrected chi connectivity index (χ0v) is 14.5. The molecule has 22 heavy (non-hydrogen) atoms. The van der Waals surface area contributed by atoms with Crippen molar-refractivity contribution in [1.29, 1.82) is 0 Å². The molecule has 1 aliphatic carbocycles. The topological polar surface area (TPSA) is 59.1 Å². The normalized spacial score (nSPS) is 30.1. The average Bonchev–Trinajstić information content (AvgIpc) is 2.68. The fourth-order valence-electron chi connectivity index (χ4n) is 3.41. The van der Waals surface area contributed by atoms with Crippen molar-refractivity contribution >= 4 is 12.2 Å². The lowest BCUT2D eigenvalue weighted by Gasteiger charge is -2.43. The molecule has 2 amide bonds. The molecule has 2 unspecified atom stereocenters. The van der Waals surface area contributed by atoms with Crippen LogP contribution in [0.3, 0.4) is 0 Å². The highest BCUT2D eigenvalue weighted by atomic mass is 16.6. The summed E-state index contributed by atoms with van der Waals surface area (Å²) in [5.41, 5.74) is -0.0679. The summed E-state index contributed by atoms with van der Waals surface area (Å²) in [5.74, 6) is 0. The smallest absolute Gasteiger partial charge is 0.430 e. The minimum Gasteiger partial charge on any atom is -0.445 e. The maximum atomic E-state index is 12.6. The van der Waals surface area contributed by atoms with Crippen LogP contribution in [0.1, 0.15) is 54.9 Å². The molecule has 0 aromatic rings. The molecular weight excluding hydrogens is 284 g/mol. The Hall–Kier alpha value is -1.72. The second kappa shape index (κ2) is 5.18. The molecule has 6 heteroatoms. The first-order valence-corrected chi connectivity index (χ1v) is 7.73. The van der Waals surface area contributed by atoms with Crippen molar-refractivity contribution in [3.05, 3.63) is 11.6 Å². The monoisotopic (exact) mass is 310 g/mol. The van der Waals surface area contributed by atoms with Crippen molar-refractivity contribution < 1.29 is 19.1 Å². The third kappa shape index (κ3) is 2.44. The molecule has 1 aliphatic heterocycles. The van der Waals surface area contributed by atoms with Gasteiger partial charge < -0.3 is 9.47 Å². The van der Waals surface area contributed by atoms with Gasteiger partial charge in [0, 0.05) is 6.42 Å². The van der Waals surface area contributed by atoms with E-state index in [0.717, 1.165) is 5.57 Å². The van der Waals surface area contributed by atoms with Crippen LogP contribution in [-0.2, 0) is 9.47 Å². The van der Waals surface area contributed by atoms with E-state index in [-0.39, 0.29) is 12.2 Å². The third-order valence-corrected chi connectivity index (χ3v) is 4.25. The molecule has 2 rings (SSSR count). The van der Waals surface area contributed by atoms with E-state index in [2.05, 4.69) is 0 Å². The SMILES string of the molecule is CC1=CC2(C)CC1(C)N(C(=O)OC(C)C)N2C(=O)OC(C)C. The number of ether oxygens (including phenoxy) is 2. The van der Waals surface area contributed by atoms with Gasteiger partial charge in [-0.1, -0.05) is 6.08 Å². The van der Waals surface area contributed by atoms with Gasteiger partial charge in [0.25, 0.3) is 0 Å². The fraction of sp³-hybridized carbons (Fsp3) is 0.750. The second-order valence-electron chi connectivity index (χ2n) is 7.12. The van der Waals surface area contributed by atoms with E-state index < -0.39 is 23.3 Å². The number of nitrogens with zero attached hydrogens (tertiary/aromatic N) is 2. The number of carbonyl (C=O) groups is 2. The van der Waals surface area contributed by atoms with Gasteiger partial charge in [0.1, 0.15) is 0 Å². The summed E-state index contributed by atoms with van der Waals surface area (Å²) in [5, 5.41) is 2.83. The van der Waals surface area contributed by atoms with Crippen molar-refractivity contribution in [1.82, 2.24) is 10.0 Å². The number of hydrogen-bond acceptors (Lipinski definition) is 4. The van der Waals surface area contributed by atoms with Crippen LogP contribution in [0, 0.1) is 0 Å². The molecule has 1 saturated heterocycles. The first-order valence-electron chi connectivity index (χ1n) is 7.73. The molecule has 0 aromatic carbocycles. The van der Waals surface area contributed by atoms with Crippen LogP contribution < -0.4 is 0 Å². The Morgan fingerprint density at radius 3 is 1.95 bits per heavy atom. The van der Waals surface area contributed by atoms with Gasteiger partial charge in [-0.15, -0.1) is 0 Å². The van der Waals surface area contributed by atoms with Crippen LogP contribution in [0.4, 0.5) is 9.59 Å². The highest BCUT2D eigenvalue weighted by Crippen LogP contribution is 2.52. The van der Waals surface area contributed by atoms with E-state index in [1.165, 1.54) is 10.0 Å². The summed E-state index contributed by atoms with van der Waals surface area (Å²) in [6.07, 6.45) is 1.13. The molecule has 0 saturated carbocycles. The van der Waals surface area contributed by atoms with Gasteiger partial charge in [0.2, 0.25) is 0 Å². The highest BCUT2D eigenvalue weighted by molar-refractivity contribution is 5.79. The lowest BCUT2D eigenvalue weighted by atomic mass is 9.93. The molecule has 0 spiro atoms. The largest absolute Gasteiger partial charge is 0.445 e. The van der Waals surface area contributed by atoms with Crippen molar-refractivity contribution in [2.45, 2.75) is 78.2 Å². The number of carbonyl (C=O) groups excluding carboxylic acids is 2. The molecule has 6 nitrogen and oxygen atoms in total. The van der Waals surface area contributed by atoms with Gasteiger partial charge in [-0.05, 0) is 54.0 Å². The predicted molar refractivity (Wildman–Crippen MR) is 82.1 cm³/mol. The Morgan fingerprint density at radius 1 is 1.05 bits per heavy atom. The van der Waals surface area contributed by atoms with Crippen LogP contribution in [-0.4, -0.2) is 45.5 Å². The van der Waals surface area contributed by atoms with Crippen LogP contribution in [0.15, 0.2) is 11.6 Å². The summed E-state index contributed by atoms with van der Waals surface area (Å²) < 4.78 is 10.7. The molecule has 124 valence electrons. The van der Waals surface area contributed by atoms with Gasteiger partial charge in [-0.25, -0.2) is 19.6 Å². The molecule has 1 heterocycles. The van der Waals surface area contributed by atoms with Crippen molar-refractivity contribution in [2.24, 2.45) is 0 Å². The number of fused-ring (bicyclic) bond motifs is 2. The molecule has 2 atom stereocenters. The quantitative estimate of drug-likeness (QED) is 0.733. The maximum Gasteiger partial charge on any atom is 0.430 e. The van der Waals surface area contributed by atoms with E-state index in [1.54, 1.807) is 27.7 Å². The van der Waals surface area contributed by atoms with E-state index in [0.29, 0.717) is 6.42 Å². The standard InChI is InChI=1S/C16H26N2O4/c1-10(2)21-13(19)17-15(6)8-12(5)16(7,9-15)18(17)14(20)22-11(3)4/h8,10-11H,9H2,1-7H3. The van der Waals surface area contributed by atoms with E-state index in [9.17, 15) is 9.59 Å². The molecule has 2 bridgehead atoms. The zero-order valence-electron chi connectivity index (χ0n) is 14.5. The van der Waals surface area contributed by atoms with E-state index in [1.807, 2.05) is 26.8 Å². The Labute approximate surface area is 132 Å². The Balaban J connectivity index is 2.40. The van der Waals surface area contributed by atoms with Crippen molar-refractivity contribution in [3.8, 4) is 0 Å². The number of hydrazine groups is 1. The summed E-state index contributed by atoms with van der Waals surface area (Å²) in [7, 11) is 0. The Bertz CT molecular complexity index is 528. The molecule has 1 fully saturated rings. The second-order valence-corrected chi connectivity index (χ2v) is 7.12. The van der Waals surface area contributed by atoms with E-state index >= 15 is 0 Å². The number of amides is 2. The molecular formula is C16H26N2O4. The van der Waals surface area contributed by atoms with Crippen LogP contribution in [0.5, 0.6) is 0 Å². The molecule has 2 aliphatic rings. The van der Waals surface area contributed by atoms with Gasteiger partial charge in [0.15, 0.2) is 0 Å². The van der Waals surface area contributed by atoms with Crippen molar-refractivity contribution in [2.75, 3.05) is 0 Å². The summed E-state index contributed by atoms with van der Waals surface area (Å²) in [6.45, 7) is 13.0. The van der Waals surface area contributed by atoms with Gasteiger partial charge >= 0.3 is 12.2 Å². The van der Waals surface area contributed by atoms with Crippen LogP contribution in [0.2, 0.25) is 0 Å². The first-order chi connectivity index (χ1) is 10.0. The fourth-order valence-corrected chi connectivity index (χ4v) is 3.41. The number of rotatable bonds is 2. The van der Waals surface area contributed by atoms with Crippen LogP contribution >= 0.6 is 0 Å². The lowest BCUT2D eigenvalue weighted by molar-refractivity contribution is -0.0631. The summed E-state index contributed by atoms with van der Waals surface area (Å²) in [4.78, 5) is 25.1. The Morgan fingerprint density at radius 2 is 1.50 bits per heavy atom. The minimum atomic E-state index is -0.569. The minimum absolute atomic E-state index is 0.254. The van der Waals surface area contributed by atoms with Crippen LogP contribution in [0.25, 0.3) is 0 Å². The third-order valence-electron chi connectivity index (χ3n) is 4.25. The summed E-state index contributed by atoms with van der Waals surface area (Å²) >= 11 is 0.